The van der Waals surface area contributed by atoms with Crippen LogP contribution in [0.25, 0.3) is 0 Å². The number of halogens is 2. The molecule has 0 aromatic heterocycles. The lowest BCUT2D eigenvalue weighted by Gasteiger charge is -2.37. The van der Waals surface area contributed by atoms with E-state index < -0.39 is 17.5 Å². The van der Waals surface area contributed by atoms with Gasteiger partial charge in [0.25, 0.3) is 17.7 Å². The van der Waals surface area contributed by atoms with Gasteiger partial charge in [-0.25, -0.2) is 8.78 Å². The summed E-state index contributed by atoms with van der Waals surface area (Å²) in [6.45, 7) is 3.18. The number of anilines is 2. The van der Waals surface area contributed by atoms with Gasteiger partial charge in [-0.15, -0.1) is 0 Å². The van der Waals surface area contributed by atoms with E-state index >= 15 is 0 Å². The van der Waals surface area contributed by atoms with Crippen molar-refractivity contribution in [3.8, 4) is 0 Å². The molecule has 5 rings (SSSR count). The largest absolute Gasteiger partial charge is 0.367 e. The Morgan fingerprint density at radius 1 is 0.658 bits per heavy atom. The molecule has 3 amide bonds. The maximum absolute atomic E-state index is 13.6. The highest BCUT2D eigenvalue weighted by atomic mass is 19.1. The smallest absolute Gasteiger partial charge is 0.256 e. The zero-order chi connectivity index (χ0) is 26.6. The Kier molecular flexibility index (Phi) is 7.35. The number of likely N-dealkylation sites (tertiary alicyclic amines) is 1. The number of hydrogen-bond acceptors (Lipinski definition) is 4. The fraction of sp³-hybridized carbons (Fsp3) is 0.276. The van der Waals surface area contributed by atoms with Crippen LogP contribution in [0.1, 0.15) is 43.9 Å². The van der Waals surface area contributed by atoms with E-state index in [9.17, 15) is 23.2 Å². The summed E-state index contributed by atoms with van der Waals surface area (Å²) >= 11 is 0. The normalized spacial score (nSPS) is 15.5. The monoisotopic (exact) mass is 518 g/mol. The van der Waals surface area contributed by atoms with Crippen LogP contribution in [0.2, 0.25) is 0 Å². The molecule has 0 unspecified atom stereocenters. The van der Waals surface area contributed by atoms with Gasteiger partial charge < -0.3 is 20.0 Å². The first-order chi connectivity index (χ1) is 18.4. The van der Waals surface area contributed by atoms with E-state index in [1.807, 2.05) is 0 Å². The van der Waals surface area contributed by atoms with Crippen LogP contribution >= 0.6 is 0 Å². The van der Waals surface area contributed by atoms with Crippen LogP contribution in [0.3, 0.4) is 0 Å². The van der Waals surface area contributed by atoms with Gasteiger partial charge in [0.05, 0.1) is 5.56 Å². The van der Waals surface area contributed by atoms with Crippen LogP contribution in [0.5, 0.6) is 0 Å². The molecule has 9 heteroatoms. The van der Waals surface area contributed by atoms with E-state index in [1.165, 1.54) is 36.4 Å². The van der Waals surface area contributed by atoms with Crippen molar-refractivity contribution in [2.45, 2.75) is 12.8 Å². The molecule has 0 bridgehead atoms. The van der Waals surface area contributed by atoms with Crippen molar-refractivity contribution >= 4 is 29.1 Å². The molecule has 3 aromatic rings. The molecule has 2 saturated heterocycles. The van der Waals surface area contributed by atoms with E-state index in [1.54, 1.807) is 34.1 Å². The highest BCUT2D eigenvalue weighted by molar-refractivity contribution is 6.06. The van der Waals surface area contributed by atoms with E-state index in [0.29, 0.717) is 56.1 Å². The number of benzene rings is 3. The summed E-state index contributed by atoms with van der Waals surface area (Å²) in [5, 5.41) is 2.77. The molecule has 2 aliphatic rings. The molecule has 2 fully saturated rings. The van der Waals surface area contributed by atoms with Crippen LogP contribution < -0.4 is 10.2 Å². The summed E-state index contributed by atoms with van der Waals surface area (Å²) in [6, 6.07) is 16.3. The molecule has 38 heavy (non-hydrogen) atoms. The number of hydrogen-bond donors (Lipinski definition) is 1. The lowest BCUT2D eigenvalue weighted by molar-refractivity contribution is 0.0742. The summed E-state index contributed by atoms with van der Waals surface area (Å²) in [5.74, 6) is -1.77. The molecule has 0 atom stereocenters. The molecule has 2 aliphatic heterocycles. The first kappa shape index (κ1) is 25.4. The van der Waals surface area contributed by atoms with Crippen molar-refractivity contribution in [2.24, 2.45) is 0 Å². The van der Waals surface area contributed by atoms with Crippen molar-refractivity contribution in [1.82, 2.24) is 9.80 Å². The van der Waals surface area contributed by atoms with Gasteiger partial charge in [-0.2, -0.15) is 0 Å². The Hall–Kier alpha value is -4.27. The van der Waals surface area contributed by atoms with Crippen molar-refractivity contribution < 1.29 is 23.2 Å². The number of piperazine rings is 1. The predicted molar refractivity (Wildman–Crippen MR) is 140 cm³/mol. The maximum atomic E-state index is 13.6. The molecule has 0 spiro atoms. The van der Waals surface area contributed by atoms with Gasteiger partial charge in [-0.1, -0.05) is 12.1 Å². The second-order valence-electron chi connectivity index (χ2n) is 9.49. The minimum atomic E-state index is -0.507. The molecular formula is C29H28F2N4O3. The molecule has 0 aliphatic carbocycles. The molecular weight excluding hydrogens is 490 g/mol. The molecule has 0 radical (unpaired) electrons. The van der Waals surface area contributed by atoms with Crippen molar-refractivity contribution in [1.29, 1.82) is 0 Å². The third-order valence-corrected chi connectivity index (χ3v) is 6.94. The lowest BCUT2D eigenvalue weighted by Crippen LogP contribution is -2.49. The molecule has 1 N–H and O–H groups in total. The van der Waals surface area contributed by atoms with Crippen LogP contribution in [0, 0.1) is 11.6 Å². The zero-order valence-corrected chi connectivity index (χ0v) is 20.8. The lowest BCUT2D eigenvalue weighted by atomic mass is 10.1. The Labute approximate surface area is 219 Å². The third kappa shape index (κ3) is 5.51. The van der Waals surface area contributed by atoms with Gasteiger partial charge >= 0.3 is 0 Å². The second-order valence-corrected chi connectivity index (χ2v) is 9.49. The Balaban J connectivity index is 1.35. The van der Waals surface area contributed by atoms with Crippen LogP contribution in [-0.4, -0.2) is 66.8 Å². The highest BCUT2D eigenvalue weighted by Crippen LogP contribution is 2.29. The molecule has 3 aromatic carbocycles. The molecule has 196 valence electrons. The number of amides is 3. The fourth-order valence-corrected chi connectivity index (χ4v) is 4.94. The van der Waals surface area contributed by atoms with Crippen LogP contribution in [-0.2, 0) is 0 Å². The van der Waals surface area contributed by atoms with E-state index in [4.69, 9.17) is 0 Å². The standard InChI is InChI=1S/C29H28F2N4O3/c30-22-7-3-5-20(17-22)27(36)32-24-9-10-26(25(19-24)29(38)34-11-1-2-12-34)33-13-15-35(16-14-33)28(37)21-6-4-8-23(31)18-21/h3-10,17-19H,1-2,11-16H2,(H,32,36). The van der Waals surface area contributed by atoms with Crippen LogP contribution in [0.4, 0.5) is 20.2 Å². The summed E-state index contributed by atoms with van der Waals surface area (Å²) in [5.41, 5.74) is 2.12. The van der Waals surface area contributed by atoms with Gasteiger partial charge in [0.1, 0.15) is 11.6 Å². The zero-order valence-electron chi connectivity index (χ0n) is 20.8. The third-order valence-electron chi connectivity index (χ3n) is 6.94. The minimum absolute atomic E-state index is 0.113. The Morgan fingerprint density at radius 2 is 1.26 bits per heavy atom. The van der Waals surface area contributed by atoms with Gasteiger partial charge in [0.2, 0.25) is 0 Å². The van der Waals surface area contributed by atoms with Crippen molar-refractivity contribution in [2.75, 3.05) is 49.5 Å². The Morgan fingerprint density at radius 3 is 1.92 bits per heavy atom. The number of carbonyl (C=O) groups is 3. The summed E-state index contributed by atoms with van der Waals surface area (Å²) < 4.78 is 27.2. The maximum Gasteiger partial charge on any atom is 0.256 e. The number of rotatable bonds is 5. The minimum Gasteiger partial charge on any atom is -0.367 e. The van der Waals surface area contributed by atoms with Gasteiger partial charge in [-0.05, 0) is 67.4 Å². The summed E-state index contributed by atoms with van der Waals surface area (Å²) in [4.78, 5) is 44.6. The summed E-state index contributed by atoms with van der Waals surface area (Å²) in [6.07, 6.45) is 1.88. The SMILES string of the molecule is O=C(Nc1ccc(N2CCN(C(=O)c3cccc(F)c3)CC2)c(C(=O)N2CCCC2)c1)c1cccc(F)c1. The molecule has 2 heterocycles. The molecule has 7 nitrogen and oxygen atoms in total. The average molecular weight is 519 g/mol. The quantitative estimate of drug-likeness (QED) is 0.543. The van der Waals surface area contributed by atoms with E-state index in [2.05, 4.69) is 10.2 Å². The molecule has 0 saturated carbocycles. The van der Waals surface area contributed by atoms with Gasteiger partial charge in [0, 0.05) is 61.8 Å². The van der Waals surface area contributed by atoms with Gasteiger partial charge in [0.15, 0.2) is 0 Å². The first-order valence-electron chi connectivity index (χ1n) is 12.7. The Bertz CT molecular complexity index is 1370. The topological polar surface area (TPSA) is 73.0 Å². The second kappa shape index (κ2) is 11.0. The van der Waals surface area contributed by atoms with Crippen molar-refractivity contribution in [3.63, 3.8) is 0 Å². The van der Waals surface area contributed by atoms with Crippen molar-refractivity contribution in [3.05, 3.63) is 95.1 Å². The number of carbonyl (C=O) groups excluding carboxylic acids is 3. The van der Waals surface area contributed by atoms with E-state index in [0.717, 1.165) is 24.6 Å². The summed E-state index contributed by atoms with van der Waals surface area (Å²) in [7, 11) is 0. The number of nitrogens with one attached hydrogen (secondary N) is 1. The predicted octanol–water partition coefficient (Wildman–Crippen LogP) is 4.42. The average Bonchev–Trinajstić information content (AvgIpc) is 3.47. The highest BCUT2D eigenvalue weighted by Gasteiger charge is 2.28. The number of nitrogens with zero attached hydrogens (tertiary/aromatic N) is 3. The van der Waals surface area contributed by atoms with Crippen LogP contribution in [0.15, 0.2) is 66.7 Å². The van der Waals surface area contributed by atoms with E-state index in [-0.39, 0.29) is 17.4 Å². The fourth-order valence-electron chi connectivity index (χ4n) is 4.94. The van der Waals surface area contributed by atoms with Gasteiger partial charge in [-0.3, -0.25) is 14.4 Å². The first-order valence-corrected chi connectivity index (χ1v) is 12.7.